The summed E-state index contributed by atoms with van der Waals surface area (Å²) in [5, 5.41) is 4.37. The van der Waals surface area contributed by atoms with E-state index in [-0.39, 0.29) is 0 Å². The van der Waals surface area contributed by atoms with E-state index in [0.717, 1.165) is 11.3 Å². The Labute approximate surface area is 128 Å². The molecule has 0 bridgehead atoms. The van der Waals surface area contributed by atoms with Gasteiger partial charge in [0.15, 0.2) is 9.84 Å². The highest BCUT2D eigenvalue weighted by Crippen LogP contribution is 2.22. The van der Waals surface area contributed by atoms with Gasteiger partial charge in [-0.1, -0.05) is 29.3 Å². The first-order chi connectivity index (χ1) is 9.36. The second-order valence-electron chi connectivity index (χ2n) is 4.39. The van der Waals surface area contributed by atoms with E-state index in [1.165, 1.54) is 6.26 Å². The van der Waals surface area contributed by atoms with Crippen LogP contribution in [0.2, 0.25) is 10.0 Å². The van der Waals surface area contributed by atoms with Crippen molar-refractivity contribution in [1.82, 2.24) is 0 Å². The molecule has 0 saturated heterocycles. The molecule has 6 heteroatoms. The molecule has 0 aliphatic carbocycles. The monoisotopic (exact) mass is 329 g/mol. The molecular formula is C14H13Cl2NO2S. The second-order valence-corrected chi connectivity index (χ2v) is 7.25. The zero-order valence-electron chi connectivity index (χ0n) is 10.7. The van der Waals surface area contributed by atoms with Crippen molar-refractivity contribution in [3.05, 3.63) is 58.1 Å². The highest BCUT2D eigenvalue weighted by molar-refractivity contribution is 7.90. The lowest BCUT2D eigenvalue weighted by Crippen LogP contribution is -2.01. The maximum atomic E-state index is 11.3. The third-order valence-corrected chi connectivity index (χ3v) is 4.50. The fraction of sp³-hybridized carbons (Fsp3) is 0.143. The molecule has 2 rings (SSSR count). The minimum absolute atomic E-state index is 0.299. The number of benzene rings is 2. The first-order valence-electron chi connectivity index (χ1n) is 5.84. The highest BCUT2D eigenvalue weighted by Gasteiger charge is 2.06. The van der Waals surface area contributed by atoms with E-state index in [2.05, 4.69) is 5.32 Å². The van der Waals surface area contributed by atoms with E-state index in [4.69, 9.17) is 23.2 Å². The van der Waals surface area contributed by atoms with Gasteiger partial charge in [-0.25, -0.2) is 8.42 Å². The van der Waals surface area contributed by atoms with E-state index in [9.17, 15) is 8.42 Å². The molecule has 0 saturated carbocycles. The van der Waals surface area contributed by atoms with Gasteiger partial charge < -0.3 is 5.32 Å². The van der Waals surface area contributed by atoms with Gasteiger partial charge in [-0.3, -0.25) is 0 Å². The van der Waals surface area contributed by atoms with Crippen LogP contribution in [0.3, 0.4) is 0 Å². The molecule has 2 aromatic rings. The van der Waals surface area contributed by atoms with Crippen molar-refractivity contribution in [2.75, 3.05) is 11.6 Å². The predicted octanol–water partition coefficient (Wildman–Crippen LogP) is 4.01. The molecule has 0 amide bonds. The van der Waals surface area contributed by atoms with Gasteiger partial charge in [-0.05, 0) is 42.0 Å². The average molecular weight is 330 g/mol. The topological polar surface area (TPSA) is 46.2 Å². The molecule has 0 spiro atoms. The number of halogens is 2. The van der Waals surface area contributed by atoms with Crippen molar-refractivity contribution in [3.63, 3.8) is 0 Å². The molecule has 0 radical (unpaired) electrons. The lowest BCUT2D eigenvalue weighted by Gasteiger charge is -2.09. The van der Waals surface area contributed by atoms with Crippen molar-refractivity contribution < 1.29 is 8.42 Å². The van der Waals surface area contributed by atoms with Crippen LogP contribution in [0.4, 0.5) is 5.69 Å². The fourth-order valence-electron chi connectivity index (χ4n) is 1.68. The van der Waals surface area contributed by atoms with Crippen molar-refractivity contribution in [2.24, 2.45) is 0 Å². The number of hydrogen-bond donors (Lipinski definition) is 1. The minimum Gasteiger partial charge on any atom is -0.381 e. The Morgan fingerprint density at radius 3 is 2.25 bits per heavy atom. The van der Waals surface area contributed by atoms with Gasteiger partial charge >= 0.3 is 0 Å². The van der Waals surface area contributed by atoms with Crippen molar-refractivity contribution >= 4 is 38.7 Å². The Balaban J connectivity index is 2.08. The first kappa shape index (κ1) is 15.2. The SMILES string of the molecule is CS(=O)(=O)c1ccc(NCc2ccc(Cl)cc2Cl)cc1. The molecule has 0 atom stereocenters. The quantitative estimate of drug-likeness (QED) is 0.921. The summed E-state index contributed by atoms with van der Waals surface area (Å²) in [4.78, 5) is 0.299. The highest BCUT2D eigenvalue weighted by atomic mass is 35.5. The largest absolute Gasteiger partial charge is 0.381 e. The third-order valence-electron chi connectivity index (χ3n) is 2.78. The van der Waals surface area contributed by atoms with Crippen LogP contribution in [0.25, 0.3) is 0 Å². The van der Waals surface area contributed by atoms with E-state index in [0.29, 0.717) is 21.5 Å². The van der Waals surface area contributed by atoms with Crippen molar-refractivity contribution in [3.8, 4) is 0 Å². The molecule has 106 valence electrons. The summed E-state index contributed by atoms with van der Waals surface area (Å²) in [5.41, 5.74) is 1.74. The lowest BCUT2D eigenvalue weighted by atomic mass is 10.2. The zero-order chi connectivity index (χ0) is 14.8. The summed E-state index contributed by atoms with van der Waals surface area (Å²) in [6, 6.07) is 11.9. The maximum absolute atomic E-state index is 11.3. The summed E-state index contributed by atoms with van der Waals surface area (Å²) >= 11 is 11.9. The molecule has 2 aromatic carbocycles. The predicted molar refractivity (Wildman–Crippen MR) is 83.3 cm³/mol. The molecular weight excluding hydrogens is 317 g/mol. The summed E-state index contributed by atoms with van der Waals surface area (Å²) in [7, 11) is -3.16. The van der Waals surface area contributed by atoms with Crippen LogP contribution in [0.15, 0.2) is 47.4 Å². The van der Waals surface area contributed by atoms with Crippen LogP contribution in [-0.4, -0.2) is 14.7 Å². The van der Waals surface area contributed by atoms with Crippen molar-refractivity contribution in [2.45, 2.75) is 11.4 Å². The van der Waals surface area contributed by atoms with Crippen LogP contribution >= 0.6 is 23.2 Å². The Morgan fingerprint density at radius 1 is 1.05 bits per heavy atom. The van der Waals surface area contributed by atoms with Gasteiger partial charge in [0.05, 0.1) is 4.90 Å². The molecule has 0 unspecified atom stereocenters. The molecule has 0 heterocycles. The number of sulfone groups is 1. The number of rotatable bonds is 4. The summed E-state index contributed by atoms with van der Waals surface area (Å²) < 4.78 is 22.7. The molecule has 20 heavy (non-hydrogen) atoms. The normalized spacial score (nSPS) is 11.3. The van der Waals surface area contributed by atoms with Gasteiger partial charge in [0.1, 0.15) is 0 Å². The Hall–Kier alpha value is -1.23. The standard InChI is InChI=1S/C14H13Cl2NO2S/c1-20(18,19)13-6-4-12(5-7-13)17-9-10-2-3-11(15)8-14(10)16/h2-8,17H,9H2,1H3. The third kappa shape index (κ3) is 3.88. The van der Waals surface area contributed by atoms with E-state index in [1.54, 1.807) is 36.4 Å². The Kier molecular flexibility index (Phi) is 4.58. The van der Waals surface area contributed by atoms with Gasteiger partial charge in [0, 0.05) is 28.5 Å². The summed E-state index contributed by atoms with van der Waals surface area (Å²) in [5.74, 6) is 0. The van der Waals surface area contributed by atoms with Gasteiger partial charge in [0.25, 0.3) is 0 Å². The fourth-order valence-corrected chi connectivity index (χ4v) is 2.79. The summed E-state index contributed by atoms with van der Waals surface area (Å²) in [6.45, 7) is 0.536. The van der Waals surface area contributed by atoms with Gasteiger partial charge in [0.2, 0.25) is 0 Å². The first-order valence-corrected chi connectivity index (χ1v) is 8.49. The smallest absolute Gasteiger partial charge is 0.175 e. The molecule has 3 nitrogen and oxygen atoms in total. The van der Waals surface area contributed by atoms with Gasteiger partial charge in [-0.15, -0.1) is 0 Å². The molecule has 0 fully saturated rings. The lowest BCUT2D eigenvalue weighted by molar-refractivity contribution is 0.602. The Morgan fingerprint density at radius 2 is 1.70 bits per heavy atom. The average Bonchev–Trinajstić information content (AvgIpc) is 2.37. The number of hydrogen-bond acceptors (Lipinski definition) is 3. The molecule has 1 N–H and O–H groups in total. The molecule has 0 aliphatic rings. The van der Waals surface area contributed by atoms with Crippen LogP contribution in [0.5, 0.6) is 0 Å². The van der Waals surface area contributed by atoms with Gasteiger partial charge in [-0.2, -0.15) is 0 Å². The van der Waals surface area contributed by atoms with E-state index >= 15 is 0 Å². The summed E-state index contributed by atoms with van der Waals surface area (Å²) in [6.07, 6.45) is 1.18. The number of nitrogens with one attached hydrogen (secondary N) is 1. The maximum Gasteiger partial charge on any atom is 0.175 e. The van der Waals surface area contributed by atoms with Crippen molar-refractivity contribution in [1.29, 1.82) is 0 Å². The van der Waals surface area contributed by atoms with E-state index in [1.807, 2.05) is 6.07 Å². The number of anilines is 1. The van der Waals surface area contributed by atoms with Crippen LogP contribution < -0.4 is 5.32 Å². The molecule has 0 aliphatic heterocycles. The Bertz CT molecular complexity index is 712. The minimum atomic E-state index is -3.16. The van der Waals surface area contributed by atoms with E-state index < -0.39 is 9.84 Å². The van der Waals surface area contributed by atoms with Crippen LogP contribution in [-0.2, 0) is 16.4 Å². The van der Waals surface area contributed by atoms with Crippen LogP contribution in [0.1, 0.15) is 5.56 Å². The van der Waals surface area contributed by atoms with Crippen LogP contribution in [0, 0.1) is 0 Å². The molecule has 0 aromatic heterocycles. The zero-order valence-corrected chi connectivity index (χ0v) is 13.1. The second kappa shape index (κ2) is 6.04.